The number of fused-ring (bicyclic) bond motifs is 2. The molecule has 2 amide bonds. The van der Waals surface area contributed by atoms with Crippen molar-refractivity contribution in [3.05, 3.63) is 130 Å². The SMILES string of the molecule is COc1ccc([Si](C)(C)[C@@H]2[C@@H](CCn3cc(C(CO)c4ccccc4)nn3)O[C@]3(C(=O)N(Cc4ccc(N5CCC5=O)cc4)c4ccc(Br)cc43)[C@H]2C)cc1. The van der Waals surface area contributed by atoms with E-state index in [0.717, 1.165) is 44.8 Å². The zero-order chi connectivity index (χ0) is 38.5. The highest BCUT2D eigenvalue weighted by Crippen LogP contribution is 2.60. The Morgan fingerprint density at radius 2 is 1.76 bits per heavy atom. The van der Waals surface area contributed by atoms with Gasteiger partial charge in [-0.2, -0.15) is 0 Å². The molecule has 1 unspecified atom stereocenters. The van der Waals surface area contributed by atoms with Crippen molar-refractivity contribution in [1.82, 2.24) is 15.0 Å². The van der Waals surface area contributed by atoms with Crippen LogP contribution in [-0.4, -0.2) is 66.4 Å². The van der Waals surface area contributed by atoms with E-state index in [0.29, 0.717) is 31.6 Å². The number of hydrogen-bond acceptors (Lipinski definition) is 7. The highest BCUT2D eigenvalue weighted by atomic mass is 79.9. The zero-order valence-electron chi connectivity index (χ0n) is 31.6. The number of aliphatic hydroxyl groups is 1. The molecule has 1 N–H and O–H groups in total. The summed E-state index contributed by atoms with van der Waals surface area (Å²) in [7, 11) is -0.680. The summed E-state index contributed by atoms with van der Waals surface area (Å²) in [6.07, 6.45) is 2.85. The van der Waals surface area contributed by atoms with Gasteiger partial charge in [0, 0.05) is 47.3 Å². The zero-order valence-corrected chi connectivity index (χ0v) is 34.1. The van der Waals surface area contributed by atoms with E-state index in [9.17, 15) is 9.90 Å². The molecule has 5 aromatic rings. The predicted molar refractivity (Wildman–Crippen MR) is 218 cm³/mol. The molecule has 3 aliphatic rings. The number of ether oxygens (including phenoxy) is 2. The van der Waals surface area contributed by atoms with Gasteiger partial charge in [-0.05, 0) is 65.6 Å². The third-order valence-electron chi connectivity index (χ3n) is 12.2. The second-order valence-corrected chi connectivity index (χ2v) is 21.1. The van der Waals surface area contributed by atoms with Crippen molar-refractivity contribution >= 4 is 52.4 Å². The molecule has 3 aliphatic heterocycles. The number of β-lactam (4-membered cyclic amide) rings is 1. The van der Waals surface area contributed by atoms with Crippen LogP contribution in [0.3, 0.4) is 0 Å². The molecule has 5 atom stereocenters. The maximum atomic E-state index is 15.2. The molecule has 12 heteroatoms. The highest BCUT2D eigenvalue weighted by molar-refractivity contribution is 9.10. The van der Waals surface area contributed by atoms with Crippen molar-refractivity contribution in [1.29, 1.82) is 0 Å². The van der Waals surface area contributed by atoms with Crippen LogP contribution >= 0.6 is 15.9 Å². The first-order valence-electron chi connectivity index (χ1n) is 18.9. The van der Waals surface area contributed by atoms with E-state index in [1.54, 1.807) is 12.0 Å². The van der Waals surface area contributed by atoms with Gasteiger partial charge in [0.15, 0.2) is 5.60 Å². The monoisotopic (exact) mass is 819 g/mol. The molecule has 0 saturated carbocycles. The van der Waals surface area contributed by atoms with Crippen LogP contribution in [0.5, 0.6) is 5.75 Å². The molecule has 0 bridgehead atoms. The number of amides is 2. The van der Waals surface area contributed by atoms with E-state index in [1.807, 2.05) is 94.6 Å². The fourth-order valence-electron chi connectivity index (χ4n) is 9.16. The summed E-state index contributed by atoms with van der Waals surface area (Å²) in [6.45, 7) is 8.54. The molecule has 8 rings (SSSR count). The maximum Gasteiger partial charge on any atom is 0.264 e. The Hall–Kier alpha value is -4.62. The summed E-state index contributed by atoms with van der Waals surface area (Å²) >= 11 is 3.72. The molecule has 1 aromatic heterocycles. The van der Waals surface area contributed by atoms with E-state index in [4.69, 9.17) is 9.47 Å². The maximum absolute atomic E-state index is 15.2. The number of aryl methyl sites for hydroxylation is 1. The third kappa shape index (κ3) is 6.52. The van der Waals surface area contributed by atoms with E-state index in [-0.39, 0.29) is 41.9 Å². The van der Waals surface area contributed by atoms with Gasteiger partial charge in [-0.3, -0.25) is 14.3 Å². The number of methoxy groups -OCH3 is 1. The van der Waals surface area contributed by atoms with Gasteiger partial charge in [0.2, 0.25) is 5.91 Å². The summed E-state index contributed by atoms with van der Waals surface area (Å²) in [5, 5.41) is 20.5. The Morgan fingerprint density at radius 3 is 2.42 bits per heavy atom. The van der Waals surface area contributed by atoms with Crippen molar-refractivity contribution in [2.24, 2.45) is 5.92 Å². The van der Waals surface area contributed by atoms with Crippen LogP contribution in [0.1, 0.15) is 48.1 Å². The second-order valence-electron chi connectivity index (χ2n) is 15.5. The van der Waals surface area contributed by atoms with Crippen LogP contribution in [0.2, 0.25) is 18.6 Å². The van der Waals surface area contributed by atoms with Gasteiger partial charge < -0.3 is 24.4 Å². The lowest BCUT2D eigenvalue weighted by Crippen LogP contribution is -2.51. The van der Waals surface area contributed by atoms with Gasteiger partial charge in [-0.15, -0.1) is 5.10 Å². The van der Waals surface area contributed by atoms with Gasteiger partial charge in [-0.1, -0.05) is 101 Å². The van der Waals surface area contributed by atoms with E-state index < -0.39 is 13.7 Å². The molecule has 4 aromatic carbocycles. The number of carbonyl (C=O) groups is 2. The highest BCUT2D eigenvalue weighted by Gasteiger charge is 2.66. The van der Waals surface area contributed by atoms with Crippen LogP contribution in [0.15, 0.2) is 108 Å². The van der Waals surface area contributed by atoms with Gasteiger partial charge in [0.05, 0.1) is 51.7 Å². The Balaban J connectivity index is 1.13. The Morgan fingerprint density at radius 1 is 1.02 bits per heavy atom. The van der Waals surface area contributed by atoms with Crippen molar-refractivity contribution in [2.75, 3.05) is 30.1 Å². The van der Waals surface area contributed by atoms with Crippen LogP contribution in [0.25, 0.3) is 0 Å². The standard InChI is InChI=1S/C43H46BrN5O5Si/c1-28-41(55(3,4)34-17-15-33(53-2)16-18-34)39(20-22-47-26-37(45-46-47)35(27-50)30-8-6-5-7-9-30)54-43(28)36-24-31(44)12-19-38(36)49(42(43)52)25-29-10-13-32(14-11-29)48-23-21-40(48)51/h5-19,24,26,28,35,39,41,50H,20-23,25,27H2,1-4H3/t28-,35?,39+,41-,43+/m0/s1. The predicted octanol–water partition coefficient (Wildman–Crippen LogP) is 6.76. The first kappa shape index (κ1) is 37.3. The number of rotatable bonds is 12. The molecule has 1 spiro atoms. The molecule has 55 heavy (non-hydrogen) atoms. The van der Waals surface area contributed by atoms with Crippen molar-refractivity contribution in [3.8, 4) is 5.75 Å². The lowest BCUT2D eigenvalue weighted by atomic mass is 9.82. The average molecular weight is 821 g/mol. The molecule has 0 radical (unpaired) electrons. The summed E-state index contributed by atoms with van der Waals surface area (Å²) < 4.78 is 15.6. The molecule has 284 valence electrons. The lowest BCUT2D eigenvalue weighted by molar-refractivity contribution is -0.146. The molecule has 2 fully saturated rings. The molecule has 4 heterocycles. The van der Waals surface area contributed by atoms with Crippen LogP contribution < -0.4 is 19.7 Å². The summed E-state index contributed by atoms with van der Waals surface area (Å²) in [5.41, 5.74) is 4.13. The Bertz CT molecular complexity index is 2200. The normalized spacial score (nSPS) is 22.6. The Labute approximate surface area is 331 Å². The lowest BCUT2D eigenvalue weighted by Gasteiger charge is -2.37. The largest absolute Gasteiger partial charge is 0.497 e. The molecule has 2 saturated heterocycles. The smallest absolute Gasteiger partial charge is 0.264 e. The summed E-state index contributed by atoms with van der Waals surface area (Å²) in [5.74, 6) is 0.448. The average Bonchev–Trinajstić information content (AvgIpc) is 3.85. The topological polar surface area (TPSA) is 110 Å². The first-order valence-corrected chi connectivity index (χ1v) is 22.8. The van der Waals surface area contributed by atoms with Crippen molar-refractivity contribution in [2.45, 2.75) is 69.1 Å². The van der Waals surface area contributed by atoms with E-state index in [2.05, 4.69) is 64.5 Å². The Kier molecular flexibility index (Phi) is 10.0. The number of nitrogens with zero attached hydrogens (tertiary/aromatic N) is 5. The number of carbonyl (C=O) groups excluding carboxylic acids is 2. The number of halogens is 1. The summed E-state index contributed by atoms with van der Waals surface area (Å²) in [6, 6.07) is 32.3. The van der Waals surface area contributed by atoms with E-state index in [1.165, 1.54) is 5.19 Å². The number of benzene rings is 4. The number of anilines is 2. The number of hydrogen-bond donors (Lipinski definition) is 1. The quantitative estimate of drug-likeness (QED) is 0.109. The minimum absolute atomic E-state index is 0.0566. The molecule has 10 nitrogen and oxygen atoms in total. The van der Waals surface area contributed by atoms with Gasteiger partial charge in [0.1, 0.15) is 5.75 Å². The van der Waals surface area contributed by atoms with Crippen molar-refractivity contribution in [3.63, 3.8) is 0 Å². The van der Waals surface area contributed by atoms with Gasteiger partial charge in [-0.25, -0.2) is 0 Å². The van der Waals surface area contributed by atoms with E-state index >= 15 is 4.79 Å². The number of aromatic nitrogens is 3. The van der Waals surface area contributed by atoms with Crippen LogP contribution in [0, 0.1) is 5.92 Å². The number of aliphatic hydroxyl groups excluding tert-OH is 1. The van der Waals surface area contributed by atoms with Gasteiger partial charge in [0.25, 0.3) is 5.91 Å². The second kappa shape index (κ2) is 14.8. The minimum Gasteiger partial charge on any atom is -0.497 e. The molecular weight excluding hydrogens is 774 g/mol. The van der Waals surface area contributed by atoms with Crippen LogP contribution in [-0.2, 0) is 33.0 Å². The van der Waals surface area contributed by atoms with Gasteiger partial charge >= 0.3 is 0 Å². The fraction of sp³-hybridized carbons (Fsp3) is 0.349. The summed E-state index contributed by atoms with van der Waals surface area (Å²) in [4.78, 5) is 31.0. The fourth-order valence-corrected chi connectivity index (χ4v) is 13.6. The van der Waals surface area contributed by atoms with Crippen LogP contribution in [0.4, 0.5) is 11.4 Å². The first-order chi connectivity index (χ1) is 26.5. The van der Waals surface area contributed by atoms with Crippen molar-refractivity contribution < 1.29 is 24.2 Å². The minimum atomic E-state index is -2.36. The third-order valence-corrected chi connectivity index (χ3v) is 17.0. The molecule has 0 aliphatic carbocycles. The molecular formula is C43H46BrN5O5Si.